The second-order valence-electron chi connectivity index (χ2n) is 8.36. The first-order valence-corrected chi connectivity index (χ1v) is 9.71. The zero-order chi connectivity index (χ0) is 18.5. The molecule has 134 valence electrons. The van der Waals surface area contributed by atoms with Crippen molar-refractivity contribution in [1.82, 2.24) is 4.98 Å². The number of aryl methyl sites for hydroxylation is 1. The SMILES string of the molecule is Cc1ccc(C(=O)C23CC(c4ccccc4)(C[C@H]2c2ccccn2)C3)cc1. The molecule has 0 unspecified atom stereocenters. The van der Waals surface area contributed by atoms with Gasteiger partial charge in [0.1, 0.15) is 0 Å². The fourth-order valence-corrected chi connectivity index (χ4v) is 5.53. The monoisotopic (exact) mass is 353 g/mol. The molecular weight excluding hydrogens is 330 g/mol. The van der Waals surface area contributed by atoms with Crippen LogP contribution in [-0.4, -0.2) is 10.8 Å². The number of ketones is 1. The molecule has 2 nitrogen and oxygen atoms in total. The highest BCUT2D eigenvalue weighted by Gasteiger charge is 2.70. The summed E-state index contributed by atoms with van der Waals surface area (Å²) in [6.07, 6.45) is 4.71. The van der Waals surface area contributed by atoms with E-state index in [4.69, 9.17) is 0 Å². The molecule has 0 radical (unpaired) electrons. The van der Waals surface area contributed by atoms with Crippen molar-refractivity contribution in [3.8, 4) is 0 Å². The standard InChI is InChI=1S/C25H23NO/c1-18-10-12-19(13-11-18)23(27)25-16-24(17-25,20-7-3-2-4-8-20)15-21(25)22-9-5-6-14-26-22/h2-14,21H,15-17H2,1H3/t21-,24?,25?/m0/s1. The zero-order valence-electron chi connectivity index (χ0n) is 15.6. The molecule has 0 amide bonds. The number of pyridine rings is 1. The van der Waals surface area contributed by atoms with Crippen LogP contribution in [0, 0.1) is 12.3 Å². The van der Waals surface area contributed by atoms with Crippen molar-refractivity contribution >= 4 is 5.78 Å². The minimum atomic E-state index is -0.320. The summed E-state index contributed by atoms with van der Waals surface area (Å²) in [5, 5.41) is 0. The Kier molecular flexibility index (Phi) is 3.58. The van der Waals surface area contributed by atoms with Gasteiger partial charge in [-0.15, -0.1) is 0 Å². The molecule has 27 heavy (non-hydrogen) atoms. The quantitative estimate of drug-likeness (QED) is 0.582. The lowest BCUT2D eigenvalue weighted by Gasteiger charge is -2.48. The summed E-state index contributed by atoms with van der Waals surface area (Å²) in [5.41, 5.74) is 4.25. The zero-order valence-corrected chi connectivity index (χ0v) is 15.6. The van der Waals surface area contributed by atoms with E-state index in [9.17, 15) is 4.79 Å². The van der Waals surface area contributed by atoms with E-state index in [1.165, 1.54) is 11.1 Å². The molecule has 2 bridgehead atoms. The van der Waals surface area contributed by atoms with E-state index >= 15 is 0 Å². The van der Waals surface area contributed by atoms with Crippen LogP contribution in [-0.2, 0) is 5.41 Å². The average Bonchev–Trinajstić information content (AvgIpc) is 3.22. The first-order valence-electron chi connectivity index (χ1n) is 9.71. The predicted molar refractivity (Wildman–Crippen MR) is 107 cm³/mol. The molecule has 2 heteroatoms. The maximum Gasteiger partial charge on any atom is 0.169 e. The van der Waals surface area contributed by atoms with Crippen molar-refractivity contribution in [3.05, 3.63) is 101 Å². The van der Waals surface area contributed by atoms with Gasteiger partial charge in [-0.05, 0) is 49.3 Å². The van der Waals surface area contributed by atoms with Crippen LogP contribution in [0.1, 0.15) is 52.4 Å². The maximum atomic E-state index is 13.6. The van der Waals surface area contributed by atoms with Gasteiger partial charge in [-0.25, -0.2) is 0 Å². The molecule has 1 aromatic heterocycles. The molecule has 3 aliphatic rings. The van der Waals surface area contributed by atoms with Crippen LogP contribution in [0.2, 0.25) is 0 Å². The largest absolute Gasteiger partial charge is 0.294 e. The Morgan fingerprint density at radius 1 is 0.926 bits per heavy atom. The fourth-order valence-electron chi connectivity index (χ4n) is 5.53. The summed E-state index contributed by atoms with van der Waals surface area (Å²) in [5.74, 6) is 0.481. The van der Waals surface area contributed by atoms with Crippen LogP contribution < -0.4 is 0 Å². The maximum absolute atomic E-state index is 13.6. The fraction of sp³-hybridized carbons (Fsp3) is 0.280. The average molecular weight is 353 g/mol. The minimum absolute atomic E-state index is 0.115. The number of carbonyl (C=O) groups is 1. The summed E-state index contributed by atoms with van der Waals surface area (Å²) in [6, 6.07) is 24.9. The van der Waals surface area contributed by atoms with Gasteiger partial charge in [0.05, 0.1) is 0 Å². The van der Waals surface area contributed by atoms with E-state index in [2.05, 4.69) is 48.3 Å². The Morgan fingerprint density at radius 3 is 2.30 bits per heavy atom. The second kappa shape index (κ2) is 5.88. The van der Waals surface area contributed by atoms with E-state index in [0.717, 1.165) is 30.5 Å². The van der Waals surface area contributed by atoms with E-state index in [-0.39, 0.29) is 16.7 Å². The molecule has 3 aromatic rings. The first kappa shape index (κ1) is 16.4. The Balaban J connectivity index is 1.57. The van der Waals surface area contributed by atoms with Gasteiger partial charge in [0, 0.05) is 28.8 Å². The van der Waals surface area contributed by atoms with Crippen LogP contribution in [0.3, 0.4) is 0 Å². The predicted octanol–water partition coefficient (Wildman–Crippen LogP) is 5.48. The number of aromatic nitrogens is 1. The molecule has 2 aromatic carbocycles. The molecule has 3 fully saturated rings. The Morgan fingerprint density at radius 2 is 1.63 bits per heavy atom. The van der Waals surface area contributed by atoms with Crippen molar-refractivity contribution < 1.29 is 4.79 Å². The molecule has 1 atom stereocenters. The van der Waals surface area contributed by atoms with E-state index in [1.54, 1.807) is 0 Å². The molecule has 0 spiro atoms. The highest BCUT2D eigenvalue weighted by Crippen LogP contribution is 2.73. The molecule has 0 aliphatic heterocycles. The Bertz CT molecular complexity index is 970. The highest BCUT2D eigenvalue weighted by molar-refractivity contribution is 6.03. The lowest BCUT2D eigenvalue weighted by atomic mass is 9.54. The molecule has 0 saturated heterocycles. The van der Waals surface area contributed by atoms with Gasteiger partial charge in [0.2, 0.25) is 0 Å². The van der Waals surface area contributed by atoms with E-state index in [0.29, 0.717) is 5.78 Å². The number of benzene rings is 2. The van der Waals surface area contributed by atoms with Gasteiger partial charge in [-0.3, -0.25) is 9.78 Å². The summed E-state index contributed by atoms with van der Waals surface area (Å²) < 4.78 is 0. The van der Waals surface area contributed by atoms with Gasteiger partial charge in [0.15, 0.2) is 5.78 Å². The van der Waals surface area contributed by atoms with Gasteiger partial charge in [-0.2, -0.15) is 0 Å². The number of fused-ring (bicyclic) bond motifs is 1. The van der Waals surface area contributed by atoms with Gasteiger partial charge in [-0.1, -0.05) is 66.2 Å². The van der Waals surface area contributed by atoms with Gasteiger partial charge < -0.3 is 0 Å². The molecular formula is C25H23NO. The minimum Gasteiger partial charge on any atom is -0.294 e. The van der Waals surface area contributed by atoms with Crippen LogP contribution >= 0.6 is 0 Å². The second-order valence-corrected chi connectivity index (χ2v) is 8.36. The smallest absolute Gasteiger partial charge is 0.169 e. The molecule has 6 rings (SSSR count). The third-order valence-electron chi connectivity index (χ3n) is 6.77. The molecule has 0 N–H and O–H groups in total. The van der Waals surface area contributed by atoms with Crippen LogP contribution in [0.25, 0.3) is 0 Å². The van der Waals surface area contributed by atoms with Crippen molar-refractivity contribution in [2.75, 3.05) is 0 Å². The number of hydrogen-bond acceptors (Lipinski definition) is 2. The van der Waals surface area contributed by atoms with E-state index in [1.807, 2.05) is 42.6 Å². The van der Waals surface area contributed by atoms with Gasteiger partial charge in [0.25, 0.3) is 0 Å². The summed E-state index contributed by atoms with van der Waals surface area (Å²) in [4.78, 5) is 18.3. The third kappa shape index (κ3) is 2.39. The number of Topliss-reactive ketones (excluding diaryl/α,β-unsaturated/α-hetero) is 1. The topological polar surface area (TPSA) is 30.0 Å². The van der Waals surface area contributed by atoms with Crippen molar-refractivity contribution in [2.24, 2.45) is 5.41 Å². The van der Waals surface area contributed by atoms with Crippen LogP contribution in [0.5, 0.6) is 0 Å². The highest BCUT2D eigenvalue weighted by atomic mass is 16.1. The summed E-state index contributed by atoms with van der Waals surface area (Å²) >= 11 is 0. The lowest BCUT2D eigenvalue weighted by Crippen LogP contribution is -2.47. The molecule has 3 saturated carbocycles. The molecule has 1 heterocycles. The summed E-state index contributed by atoms with van der Waals surface area (Å²) in [6.45, 7) is 2.06. The molecule has 3 aliphatic carbocycles. The number of hydrogen-bond donors (Lipinski definition) is 0. The number of nitrogens with zero attached hydrogens (tertiary/aromatic N) is 1. The van der Waals surface area contributed by atoms with Crippen molar-refractivity contribution in [2.45, 2.75) is 37.5 Å². The van der Waals surface area contributed by atoms with Crippen LogP contribution in [0.4, 0.5) is 0 Å². The van der Waals surface area contributed by atoms with Crippen molar-refractivity contribution in [3.63, 3.8) is 0 Å². The third-order valence-corrected chi connectivity index (χ3v) is 6.77. The normalized spacial score (nSPS) is 28.6. The lowest BCUT2D eigenvalue weighted by molar-refractivity contribution is 0.0537. The first-order chi connectivity index (χ1) is 13.1. The van der Waals surface area contributed by atoms with Crippen LogP contribution in [0.15, 0.2) is 79.0 Å². The van der Waals surface area contributed by atoms with Gasteiger partial charge >= 0.3 is 0 Å². The van der Waals surface area contributed by atoms with Crippen molar-refractivity contribution in [1.29, 1.82) is 0 Å². The summed E-state index contributed by atoms with van der Waals surface area (Å²) in [7, 11) is 0. The number of carbonyl (C=O) groups excluding carboxylic acids is 1. The number of rotatable bonds is 4. The van der Waals surface area contributed by atoms with E-state index < -0.39 is 0 Å². The Hall–Kier alpha value is -2.74. The Labute approximate surface area is 160 Å².